The normalized spacial score (nSPS) is 22.3. The molecule has 7 nitrogen and oxygen atoms in total. The molecule has 2 fully saturated rings. The second kappa shape index (κ2) is 7.91. The van der Waals surface area contributed by atoms with Crippen LogP contribution in [0, 0.1) is 11.8 Å². The van der Waals surface area contributed by atoms with Crippen LogP contribution in [0.4, 0.5) is 4.79 Å². The van der Waals surface area contributed by atoms with Crippen molar-refractivity contribution >= 4 is 12.0 Å². The summed E-state index contributed by atoms with van der Waals surface area (Å²) < 4.78 is 7.54. The lowest BCUT2D eigenvalue weighted by Crippen LogP contribution is -2.34. The number of hydrogen-bond donors (Lipinski definition) is 1. The van der Waals surface area contributed by atoms with E-state index in [9.17, 15) is 9.59 Å². The number of benzene rings is 2. The van der Waals surface area contributed by atoms with E-state index < -0.39 is 5.97 Å². The van der Waals surface area contributed by atoms with E-state index in [4.69, 9.17) is 9.84 Å². The average Bonchev–Trinajstić information content (AvgIpc) is 3.49. The summed E-state index contributed by atoms with van der Waals surface area (Å²) in [7, 11) is 0. The zero-order valence-electron chi connectivity index (χ0n) is 16.9. The van der Waals surface area contributed by atoms with Crippen molar-refractivity contribution in [1.29, 1.82) is 0 Å². The molecule has 2 aromatic carbocycles. The van der Waals surface area contributed by atoms with Crippen molar-refractivity contribution in [2.24, 2.45) is 11.8 Å². The van der Waals surface area contributed by atoms with Crippen molar-refractivity contribution in [2.75, 3.05) is 13.1 Å². The lowest BCUT2D eigenvalue weighted by molar-refractivity contribution is 0.0690. The molecule has 2 unspecified atom stereocenters. The van der Waals surface area contributed by atoms with Crippen LogP contribution in [-0.2, 0) is 0 Å². The molecule has 1 amide bonds. The molecule has 7 heteroatoms. The Labute approximate surface area is 179 Å². The van der Waals surface area contributed by atoms with Gasteiger partial charge in [0, 0.05) is 24.8 Å². The third-order valence-electron chi connectivity index (χ3n) is 6.25. The van der Waals surface area contributed by atoms with Crippen LogP contribution in [0.2, 0.25) is 0 Å². The van der Waals surface area contributed by atoms with Gasteiger partial charge < -0.3 is 14.7 Å². The molecule has 1 N–H and O–H groups in total. The number of likely N-dealkylation sites (tertiary alicyclic amines) is 1. The minimum atomic E-state index is -1.14. The van der Waals surface area contributed by atoms with Crippen molar-refractivity contribution in [3.05, 3.63) is 72.6 Å². The van der Waals surface area contributed by atoms with Crippen LogP contribution < -0.4 is 4.74 Å². The van der Waals surface area contributed by atoms with Gasteiger partial charge in [0.2, 0.25) is 0 Å². The van der Waals surface area contributed by atoms with Crippen LogP contribution in [0.15, 0.2) is 66.9 Å². The van der Waals surface area contributed by atoms with Crippen molar-refractivity contribution < 1.29 is 19.4 Å². The first-order valence-corrected chi connectivity index (χ1v) is 10.5. The number of carbonyl (C=O) groups excluding carboxylic acids is 1. The van der Waals surface area contributed by atoms with Crippen LogP contribution in [-0.4, -0.2) is 51.0 Å². The molecule has 1 aromatic heterocycles. The van der Waals surface area contributed by atoms with E-state index in [1.165, 1.54) is 12.3 Å². The van der Waals surface area contributed by atoms with Crippen molar-refractivity contribution in [3.8, 4) is 16.9 Å². The third kappa shape index (κ3) is 3.79. The summed E-state index contributed by atoms with van der Waals surface area (Å²) in [5.74, 6) is 0.518. The molecule has 2 heterocycles. The Morgan fingerprint density at radius 2 is 1.61 bits per heavy atom. The number of rotatable bonds is 4. The molecule has 2 atom stereocenters. The van der Waals surface area contributed by atoms with E-state index in [0.717, 1.165) is 34.4 Å². The quantitative estimate of drug-likeness (QED) is 0.693. The number of amides is 1. The Balaban J connectivity index is 1.23. The van der Waals surface area contributed by atoms with Crippen LogP contribution in [0.3, 0.4) is 0 Å². The smallest absolute Gasteiger partial charge is 0.356 e. The topological polar surface area (TPSA) is 84.7 Å². The summed E-state index contributed by atoms with van der Waals surface area (Å²) in [4.78, 5) is 25.5. The summed E-state index contributed by atoms with van der Waals surface area (Å²) in [6.45, 7) is 1.29. The lowest BCUT2D eigenvalue weighted by atomic mass is 10.0. The van der Waals surface area contributed by atoms with E-state index in [0.29, 0.717) is 24.9 Å². The third-order valence-corrected chi connectivity index (χ3v) is 6.25. The van der Waals surface area contributed by atoms with Crippen LogP contribution in [0.25, 0.3) is 11.1 Å². The van der Waals surface area contributed by atoms with E-state index >= 15 is 0 Å². The van der Waals surface area contributed by atoms with Gasteiger partial charge in [0.15, 0.2) is 5.69 Å². The highest BCUT2D eigenvalue weighted by atomic mass is 16.5. The van der Waals surface area contributed by atoms with Gasteiger partial charge in [0.1, 0.15) is 5.75 Å². The SMILES string of the molecule is O=C(O)c1ccn(C(=O)N2CC3CC(Oc4ccccc4-c4ccccc4)CC3C2)n1. The maximum absolute atomic E-state index is 12.7. The Morgan fingerprint density at radius 1 is 0.935 bits per heavy atom. The summed E-state index contributed by atoms with van der Waals surface area (Å²) in [5, 5.41) is 12.9. The molecule has 2 aliphatic rings. The van der Waals surface area contributed by atoms with Crippen molar-refractivity contribution in [3.63, 3.8) is 0 Å². The predicted octanol–water partition coefficient (Wildman–Crippen LogP) is 4.01. The monoisotopic (exact) mass is 417 g/mol. The number of nitrogens with zero attached hydrogens (tertiary/aromatic N) is 3. The number of aromatic nitrogens is 2. The van der Waals surface area contributed by atoms with Gasteiger partial charge in [-0.2, -0.15) is 9.78 Å². The van der Waals surface area contributed by atoms with E-state index in [2.05, 4.69) is 23.3 Å². The Bertz CT molecular complexity index is 1100. The second-order valence-electron chi connectivity index (χ2n) is 8.23. The van der Waals surface area contributed by atoms with Crippen LogP contribution >= 0.6 is 0 Å². The first-order valence-electron chi connectivity index (χ1n) is 10.5. The molecule has 0 bridgehead atoms. The standard InChI is InChI=1S/C24H23N3O4/c28-23(29)21-10-11-27(25-21)24(30)26-14-17-12-19(13-18(17)15-26)31-22-9-5-4-8-20(22)16-6-2-1-3-7-16/h1-11,17-19H,12-15H2,(H,28,29). The fraction of sp³-hybridized carbons (Fsp3) is 0.292. The highest BCUT2D eigenvalue weighted by Crippen LogP contribution is 2.41. The molecular formula is C24H23N3O4. The molecule has 0 spiro atoms. The molecule has 1 aliphatic carbocycles. The zero-order valence-corrected chi connectivity index (χ0v) is 16.9. The molecule has 1 saturated heterocycles. The maximum Gasteiger partial charge on any atom is 0.356 e. The average molecular weight is 417 g/mol. The fourth-order valence-electron chi connectivity index (χ4n) is 4.79. The first-order chi connectivity index (χ1) is 15.1. The number of ether oxygens (including phenoxy) is 1. The zero-order chi connectivity index (χ0) is 21.4. The number of fused-ring (bicyclic) bond motifs is 1. The summed E-state index contributed by atoms with van der Waals surface area (Å²) in [6.07, 6.45) is 3.33. The van der Waals surface area contributed by atoms with Crippen molar-refractivity contribution in [2.45, 2.75) is 18.9 Å². The second-order valence-corrected chi connectivity index (χ2v) is 8.23. The minimum absolute atomic E-state index is 0.125. The summed E-state index contributed by atoms with van der Waals surface area (Å²) >= 11 is 0. The number of carbonyl (C=O) groups is 2. The minimum Gasteiger partial charge on any atom is -0.490 e. The number of carboxylic acids is 1. The summed E-state index contributed by atoms with van der Waals surface area (Å²) in [5.41, 5.74) is 2.09. The van der Waals surface area contributed by atoms with Gasteiger partial charge in [0.25, 0.3) is 0 Å². The largest absolute Gasteiger partial charge is 0.490 e. The number of carboxylic acid groups (broad SMARTS) is 1. The Morgan fingerprint density at radius 3 is 2.29 bits per heavy atom. The predicted molar refractivity (Wildman–Crippen MR) is 114 cm³/mol. The molecule has 158 valence electrons. The Kier molecular flexibility index (Phi) is 4.94. The number of para-hydroxylation sites is 1. The van der Waals surface area contributed by atoms with E-state index in [1.54, 1.807) is 4.90 Å². The van der Waals surface area contributed by atoms with Gasteiger partial charge in [-0.25, -0.2) is 9.59 Å². The van der Waals surface area contributed by atoms with Gasteiger partial charge >= 0.3 is 12.0 Å². The van der Waals surface area contributed by atoms with Gasteiger partial charge in [-0.3, -0.25) is 0 Å². The van der Waals surface area contributed by atoms with Gasteiger partial charge in [-0.15, -0.1) is 0 Å². The first kappa shape index (κ1) is 19.4. The van der Waals surface area contributed by atoms with E-state index in [-0.39, 0.29) is 17.8 Å². The maximum atomic E-state index is 12.7. The molecule has 1 aliphatic heterocycles. The molecule has 0 radical (unpaired) electrons. The van der Waals surface area contributed by atoms with Gasteiger partial charge in [0.05, 0.1) is 6.10 Å². The molecule has 3 aromatic rings. The fourth-order valence-corrected chi connectivity index (χ4v) is 4.79. The van der Waals surface area contributed by atoms with Gasteiger partial charge in [-0.05, 0) is 42.4 Å². The molecule has 5 rings (SSSR count). The molecule has 31 heavy (non-hydrogen) atoms. The highest BCUT2D eigenvalue weighted by Gasteiger charge is 2.43. The highest BCUT2D eigenvalue weighted by molar-refractivity contribution is 5.86. The van der Waals surface area contributed by atoms with Crippen molar-refractivity contribution in [1.82, 2.24) is 14.7 Å². The Hall–Kier alpha value is -3.61. The van der Waals surface area contributed by atoms with Crippen LogP contribution in [0.1, 0.15) is 23.3 Å². The van der Waals surface area contributed by atoms with Crippen LogP contribution in [0.5, 0.6) is 5.75 Å². The number of aromatic carboxylic acids is 1. The van der Waals surface area contributed by atoms with Gasteiger partial charge in [-0.1, -0.05) is 48.5 Å². The molecule has 1 saturated carbocycles. The summed E-state index contributed by atoms with van der Waals surface area (Å²) in [6, 6.07) is 19.4. The molecular weight excluding hydrogens is 394 g/mol. The van der Waals surface area contributed by atoms with E-state index in [1.807, 2.05) is 36.4 Å². The number of hydrogen-bond acceptors (Lipinski definition) is 4. The lowest BCUT2D eigenvalue weighted by Gasteiger charge is -2.21.